The Hall–Kier alpha value is -0.810. The predicted octanol–water partition coefficient (Wildman–Crippen LogP) is 3.63. The molecule has 0 spiro atoms. The molecule has 0 aliphatic rings. The van der Waals surface area contributed by atoms with Gasteiger partial charge in [-0.1, -0.05) is 22.0 Å². The van der Waals surface area contributed by atoms with Crippen molar-refractivity contribution in [2.75, 3.05) is 0 Å². The zero-order valence-corrected chi connectivity index (χ0v) is 9.64. The quantitative estimate of drug-likeness (QED) is 0.685. The van der Waals surface area contributed by atoms with E-state index in [0.717, 1.165) is 11.1 Å². The van der Waals surface area contributed by atoms with Crippen molar-refractivity contribution in [1.82, 2.24) is 0 Å². The Morgan fingerprint density at radius 3 is 2.31 bits per heavy atom. The van der Waals surface area contributed by atoms with Crippen molar-refractivity contribution in [3.05, 3.63) is 34.4 Å². The van der Waals surface area contributed by atoms with Crippen LogP contribution >= 0.6 is 15.9 Å². The molecule has 0 fully saturated rings. The van der Waals surface area contributed by atoms with E-state index in [1.807, 2.05) is 19.9 Å². The standard InChI is InChI=1S/C11H12BrN/c1-7-4-10(6-13)11(9(3)12)5-8(7)2/h4-5,9H,1-3H3. The summed E-state index contributed by atoms with van der Waals surface area (Å²) in [5, 5.41) is 8.91. The Morgan fingerprint density at radius 1 is 1.31 bits per heavy atom. The second-order valence-electron chi connectivity index (χ2n) is 3.25. The highest BCUT2D eigenvalue weighted by Gasteiger charge is 2.08. The van der Waals surface area contributed by atoms with Gasteiger partial charge in [0, 0.05) is 4.83 Å². The van der Waals surface area contributed by atoms with Gasteiger partial charge in [0.05, 0.1) is 11.6 Å². The van der Waals surface area contributed by atoms with Gasteiger partial charge in [-0.3, -0.25) is 0 Å². The van der Waals surface area contributed by atoms with E-state index in [1.165, 1.54) is 11.1 Å². The Balaban J connectivity index is 3.35. The van der Waals surface area contributed by atoms with Crippen LogP contribution in [0.1, 0.15) is 34.0 Å². The average molecular weight is 238 g/mol. The van der Waals surface area contributed by atoms with Gasteiger partial charge < -0.3 is 0 Å². The van der Waals surface area contributed by atoms with E-state index in [1.54, 1.807) is 0 Å². The topological polar surface area (TPSA) is 23.8 Å². The molecular weight excluding hydrogens is 226 g/mol. The minimum Gasteiger partial charge on any atom is -0.192 e. The van der Waals surface area contributed by atoms with Crippen LogP contribution in [0.25, 0.3) is 0 Å². The predicted molar refractivity (Wildman–Crippen MR) is 58.0 cm³/mol. The second kappa shape index (κ2) is 3.93. The highest BCUT2D eigenvalue weighted by atomic mass is 79.9. The van der Waals surface area contributed by atoms with Crippen molar-refractivity contribution in [1.29, 1.82) is 5.26 Å². The number of aryl methyl sites for hydroxylation is 2. The van der Waals surface area contributed by atoms with E-state index in [0.29, 0.717) is 0 Å². The number of hydrogen-bond donors (Lipinski definition) is 0. The fraction of sp³-hybridized carbons (Fsp3) is 0.364. The van der Waals surface area contributed by atoms with Crippen molar-refractivity contribution in [3.8, 4) is 6.07 Å². The summed E-state index contributed by atoms with van der Waals surface area (Å²) in [6.07, 6.45) is 0. The maximum absolute atomic E-state index is 8.91. The van der Waals surface area contributed by atoms with Crippen LogP contribution in [-0.4, -0.2) is 0 Å². The largest absolute Gasteiger partial charge is 0.192 e. The van der Waals surface area contributed by atoms with Gasteiger partial charge >= 0.3 is 0 Å². The number of nitrogens with zero attached hydrogens (tertiary/aromatic N) is 1. The summed E-state index contributed by atoms with van der Waals surface area (Å²) in [6.45, 7) is 6.12. The molecule has 0 saturated carbocycles. The van der Waals surface area contributed by atoms with Gasteiger partial charge in [0.15, 0.2) is 0 Å². The van der Waals surface area contributed by atoms with Gasteiger partial charge in [0.2, 0.25) is 0 Å². The van der Waals surface area contributed by atoms with Gasteiger partial charge in [-0.25, -0.2) is 0 Å². The van der Waals surface area contributed by atoms with Crippen molar-refractivity contribution in [3.63, 3.8) is 0 Å². The number of hydrogen-bond acceptors (Lipinski definition) is 1. The lowest BCUT2D eigenvalue weighted by molar-refractivity contribution is 1.10. The molecule has 13 heavy (non-hydrogen) atoms. The van der Waals surface area contributed by atoms with Crippen molar-refractivity contribution in [2.45, 2.75) is 25.6 Å². The zero-order chi connectivity index (χ0) is 10.0. The SMILES string of the molecule is Cc1cc(C#N)c(C(C)Br)cc1C. The lowest BCUT2D eigenvalue weighted by atomic mass is 9.99. The molecule has 0 aliphatic heterocycles. The first-order valence-electron chi connectivity index (χ1n) is 4.21. The molecular formula is C11H12BrN. The average Bonchev–Trinajstić information content (AvgIpc) is 2.08. The second-order valence-corrected chi connectivity index (χ2v) is 4.63. The molecule has 1 unspecified atom stereocenters. The Labute approximate surface area is 87.5 Å². The third-order valence-corrected chi connectivity index (χ3v) is 2.71. The summed E-state index contributed by atoms with van der Waals surface area (Å²) in [5.41, 5.74) is 4.26. The van der Waals surface area contributed by atoms with E-state index in [4.69, 9.17) is 5.26 Å². The van der Waals surface area contributed by atoms with E-state index in [2.05, 4.69) is 35.0 Å². The molecule has 0 N–H and O–H groups in total. The highest BCUT2D eigenvalue weighted by Crippen LogP contribution is 2.27. The van der Waals surface area contributed by atoms with Crippen LogP contribution in [0.15, 0.2) is 12.1 Å². The van der Waals surface area contributed by atoms with Crippen LogP contribution in [0.4, 0.5) is 0 Å². The summed E-state index contributed by atoms with van der Waals surface area (Å²) in [4.78, 5) is 0.237. The Morgan fingerprint density at radius 2 is 1.85 bits per heavy atom. The van der Waals surface area contributed by atoms with Crippen LogP contribution in [0, 0.1) is 25.2 Å². The molecule has 1 aromatic carbocycles. The number of nitriles is 1. The number of halogens is 1. The highest BCUT2D eigenvalue weighted by molar-refractivity contribution is 9.09. The molecule has 0 aromatic heterocycles. The molecule has 0 aliphatic carbocycles. The molecule has 0 bridgehead atoms. The molecule has 1 atom stereocenters. The maximum Gasteiger partial charge on any atom is 0.0995 e. The fourth-order valence-electron chi connectivity index (χ4n) is 1.26. The third-order valence-electron chi connectivity index (χ3n) is 2.21. The first kappa shape index (κ1) is 10.3. The molecule has 0 amide bonds. The van der Waals surface area contributed by atoms with Gasteiger partial charge in [0.25, 0.3) is 0 Å². The summed E-state index contributed by atoms with van der Waals surface area (Å²) in [6, 6.07) is 6.24. The molecule has 2 heteroatoms. The van der Waals surface area contributed by atoms with E-state index in [9.17, 15) is 0 Å². The van der Waals surface area contributed by atoms with Gasteiger partial charge in [-0.2, -0.15) is 5.26 Å². The molecule has 68 valence electrons. The first-order chi connectivity index (χ1) is 6.06. The van der Waals surface area contributed by atoms with E-state index >= 15 is 0 Å². The summed E-state index contributed by atoms with van der Waals surface area (Å²) < 4.78 is 0. The minimum absolute atomic E-state index is 0.237. The molecule has 1 rings (SSSR count). The lowest BCUT2D eigenvalue weighted by Gasteiger charge is -2.09. The number of alkyl halides is 1. The molecule has 0 saturated heterocycles. The van der Waals surface area contributed by atoms with Crippen LogP contribution in [0.3, 0.4) is 0 Å². The number of rotatable bonds is 1. The van der Waals surface area contributed by atoms with Crippen LogP contribution in [0.2, 0.25) is 0 Å². The monoisotopic (exact) mass is 237 g/mol. The van der Waals surface area contributed by atoms with Crippen LogP contribution in [0.5, 0.6) is 0 Å². The van der Waals surface area contributed by atoms with Gasteiger partial charge in [-0.15, -0.1) is 0 Å². The van der Waals surface area contributed by atoms with E-state index in [-0.39, 0.29) is 4.83 Å². The van der Waals surface area contributed by atoms with Crippen LogP contribution < -0.4 is 0 Å². The first-order valence-corrected chi connectivity index (χ1v) is 5.13. The van der Waals surface area contributed by atoms with Gasteiger partial charge in [-0.05, 0) is 43.5 Å². The normalized spacial score (nSPS) is 12.2. The van der Waals surface area contributed by atoms with Crippen molar-refractivity contribution < 1.29 is 0 Å². The molecule has 1 aromatic rings. The fourth-order valence-corrected chi connectivity index (χ4v) is 1.64. The Kier molecular flexibility index (Phi) is 3.11. The molecule has 0 heterocycles. The Bertz CT molecular complexity index is 361. The summed E-state index contributed by atoms with van der Waals surface area (Å²) in [7, 11) is 0. The minimum atomic E-state index is 0.237. The molecule has 0 radical (unpaired) electrons. The van der Waals surface area contributed by atoms with Crippen LogP contribution in [-0.2, 0) is 0 Å². The smallest absolute Gasteiger partial charge is 0.0995 e. The maximum atomic E-state index is 8.91. The lowest BCUT2D eigenvalue weighted by Crippen LogP contribution is -1.93. The van der Waals surface area contributed by atoms with E-state index < -0.39 is 0 Å². The summed E-state index contributed by atoms with van der Waals surface area (Å²) in [5.74, 6) is 0. The summed E-state index contributed by atoms with van der Waals surface area (Å²) >= 11 is 3.48. The zero-order valence-electron chi connectivity index (χ0n) is 8.06. The molecule has 1 nitrogen and oxygen atoms in total. The van der Waals surface area contributed by atoms with Crippen molar-refractivity contribution >= 4 is 15.9 Å². The third kappa shape index (κ3) is 2.10. The van der Waals surface area contributed by atoms with Gasteiger partial charge in [0.1, 0.15) is 0 Å². The van der Waals surface area contributed by atoms with Crippen molar-refractivity contribution in [2.24, 2.45) is 0 Å². The number of benzene rings is 1.